The standard InChI is InChI=1S/C15H22O3/c1-3-4-5-8-18-15(17)14-12-7-6-11(9-12)13(14)10(2)16/h6-7,11-14H,3-5,8-9H2,1-2H3. The van der Waals surface area contributed by atoms with E-state index in [2.05, 4.69) is 19.1 Å². The summed E-state index contributed by atoms with van der Waals surface area (Å²) in [6, 6.07) is 0. The summed E-state index contributed by atoms with van der Waals surface area (Å²) in [6.07, 6.45) is 8.24. The maximum absolute atomic E-state index is 12.1. The van der Waals surface area contributed by atoms with Gasteiger partial charge >= 0.3 is 5.97 Å². The molecular weight excluding hydrogens is 228 g/mol. The third kappa shape index (κ3) is 2.50. The van der Waals surface area contributed by atoms with Gasteiger partial charge in [0.2, 0.25) is 0 Å². The van der Waals surface area contributed by atoms with Crippen LogP contribution in [0.1, 0.15) is 39.5 Å². The molecule has 2 bridgehead atoms. The second kappa shape index (κ2) is 5.68. The highest BCUT2D eigenvalue weighted by molar-refractivity contribution is 5.87. The molecular formula is C15H22O3. The average molecular weight is 250 g/mol. The minimum atomic E-state index is -0.223. The van der Waals surface area contributed by atoms with Gasteiger partial charge in [-0.2, -0.15) is 0 Å². The molecule has 2 aliphatic rings. The van der Waals surface area contributed by atoms with Gasteiger partial charge < -0.3 is 4.74 Å². The molecule has 1 fully saturated rings. The fourth-order valence-electron chi connectivity index (χ4n) is 3.32. The minimum absolute atomic E-state index is 0.127. The Morgan fingerprint density at radius 1 is 1.17 bits per heavy atom. The number of fused-ring (bicyclic) bond motifs is 2. The molecule has 2 rings (SSSR count). The Morgan fingerprint density at radius 2 is 1.83 bits per heavy atom. The zero-order valence-electron chi connectivity index (χ0n) is 11.2. The second-order valence-corrected chi connectivity index (χ2v) is 5.49. The summed E-state index contributed by atoms with van der Waals surface area (Å²) in [5, 5.41) is 0. The quantitative estimate of drug-likeness (QED) is 0.413. The molecule has 0 saturated heterocycles. The van der Waals surface area contributed by atoms with Crippen LogP contribution in [0, 0.1) is 23.7 Å². The SMILES string of the molecule is CCCCCOC(=O)C1C2C=CC(C2)C1C(C)=O. The van der Waals surface area contributed by atoms with E-state index in [0.29, 0.717) is 6.61 Å². The smallest absolute Gasteiger partial charge is 0.310 e. The van der Waals surface area contributed by atoms with Gasteiger partial charge in [-0.3, -0.25) is 9.59 Å². The molecule has 0 heterocycles. The topological polar surface area (TPSA) is 43.4 Å². The molecule has 2 aliphatic carbocycles. The van der Waals surface area contributed by atoms with Gasteiger partial charge in [0.25, 0.3) is 0 Å². The summed E-state index contributed by atoms with van der Waals surface area (Å²) in [5.41, 5.74) is 0. The number of esters is 1. The van der Waals surface area contributed by atoms with Crippen LogP contribution in [0.2, 0.25) is 0 Å². The van der Waals surface area contributed by atoms with Crippen LogP contribution < -0.4 is 0 Å². The number of ether oxygens (including phenoxy) is 1. The molecule has 0 amide bonds. The van der Waals surface area contributed by atoms with Gasteiger partial charge in [-0.1, -0.05) is 31.9 Å². The Bertz CT molecular complexity index is 359. The van der Waals surface area contributed by atoms with Crippen molar-refractivity contribution in [3.05, 3.63) is 12.2 Å². The number of hydrogen-bond donors (Lipinski definition) is 0. The Kier molecular flexibility index (Phi) is 4.20. The van der Waals surface area contributed by atoms with E-state index in [1.165, 1.54) is 0 Å². The lowest BCUT2D eigenvalue weighted by Gasteiger charge is -2.24. The van der Waals surface area contributed by atoms with Crippen molar-refractivity contribution >= 4 is 11.8 Å². The number of rotatable bonds is 6. The first kappa shape index (κ1) is 13.3. The number of carbonyl (C=O) groups excluding carboxylic acids is 2. The lowest BCUT2D eigenvalue weighted by molar-refractivity contribution is -0.153. The molecule has 0 radical (unpaired) electrons. The van der Waals surface area contributed by atoms with E-state index in [1.54, 1.807) is 6.92 Å². The molecule has 4 unspecified atom stereocenters. The molecule has 0 aliphatic heterocycles. The highest BCUT2D eigenvalue weighted by Gasteiger charge is 2.50. The predicted molar refractivity (Wildman–Crippen MR) is 68.9 cm³/mol. The number of unbranched alkanes of at least 4 members (excludes halogenated alkanes) is 2. The summed E-state index contributed by atoms with van der Waals surface area (Å²) in [7, 11) is 0. The first-order chi connectivity index (χ1) is 8.65. The molecule has 18 heavy (non-hydrogen) atoms. The van der Waals surface area contributed by atoms with Crippen LogP contribution in [0.25, 0.3) is 0 Å². The number of carbonyl (C=O) groups is 2. The van der Waals surface area contributed by atoms with E-state index in [9.17, 15) is 9.59 Å². The van der Waals surface area contributed by atoms with Crippen molar-refractivity contribution in [2.75, 3.05) is 6.61 Å². The Hall–Kier alpha value is -1.12. The normalized spacial score (nSPS) is 32.8. The number of ketones is 1. The zero-order chi connectivity index (χ0) is 13.1. The highest BCUT2D eigenvalue weighted by Crippen LogP contribution is 2.48. The van der Waals surface area contributed by atoms with Crippen molar-refractivity contribution in [3.63, 3.8) is 0 Å². The van der Waals surface area contributed by atoms with Crippen LogP contribution in [-0.4, -0.2) is 18.4 Å². The summed E-state index contributed by atoms with van der Waals surface area (Å²) in [6.45, 7) is 4.21. The highest BCUT2D eigenvalue weighted by atomic mass is 16.5. The average Bonchev–Trinajstić information content (AvgIpc) is 2.94. The molecule has 1 saturated carbocycles. The van der Waals surface area contributed by atoms with Crippen molar-refractivity contribution in [1.82, 2.24) is 0 Å². The van der Waals surface area contributed by atoms with Crippen molar-refractivity contribution in [2.45, 2.75) is 39.5 Å². The first-order valence-electron chi connectivity index (χ1n) is 7.00. The third-order valence-corrected chi connectivity index (χ3v) is 4.19. The van der Waals surface area contributed by atoms with Crippen LogP contribution in [0.5, 0.6) is 0 Å². The zero-order valence-corrected chi connectivity index (χ0v) is 11.2. The molecule has 100 valence electrons. The number of hydrogen-bond acceptors (Lipinski definition) is 3. The second-order valence-electron chi connectivity index (χ2n) is 5.49. The molecule has 0 aromatic rings. The van der Waals surface area contributed by atoms with Crippen molar-refractivity contribution < 1.29 is 14.3 Å². The minimum Gasteiger partial charge on any atom is -0.465 e. The summed E-state index contributed by atoms with van der Waals surface area (Å²) in [5.74, 6) is 0.0894. The summed E-state index contributed by atoms with van der Waals surface area (Å²) in [4.78, 5) is 23.8. The van der Waals surface area contributed by atoms with Crippen molar-refractivity contribution in [3.8, 4) is 0 Å². The van der Waals surface area contributed by atoms with Gasteiger partial charge in [0, 0.05) is 5.92 Å². The van der Waals surface area contributed by atoms with Gasteiger partial charge in [-0.25, -0.2) is 0 Å². The molecule has 3 nitrogen and oxygen atoms in total. The van der Waals surface area contributed by atoms with E-state index in [4.69, 9.17) is 4.74 Å². The van der Waals surface area contributed by atoms with Gasteiger partial charge in [0.15, 0.2) is 0 Å². The monoisotopic (exact) mass is 250 g/mol. The first-order valence-corrected chi connectivity index (χ1v) is 7.00. The van der Waals surface area contributed by atoms with Crippen LogP contribution >= 0.6 is 0 Å². The third-order valence-electron chi connectivity index (χ3n) is 4.19. The predicted octanol–water partition coefficient (Wildman–Crippen LogP) is 2.75. The van der Waals surface area contributed by atoms with Crippen LogP contribution in [-0.2, 0) is 14.3 Å². The van der Waals surface area contributed by atoms with Gasteiger partial charge in [-0.15, -0.1) is 0 Å². The van der Waals surface area contributed by atoms with E-state index in [1.807, 2.05) is 0 Å². The van der Waals surface area contributed by atoms with Crippen LogP contribution in [0.3, 0.4) is 0 Å². The largest absolute Gasteiger partial charge is 0.465 e. The maximum atomic E-state index is 12.1. The van der Waals surface area contributed by atoms with Crippen LogP contribution in [0.15, 0.2) is 12.2 Å². The summed E-state index contributed by atoms with van der Waals surface area (Å²) < 4.78 is 5.34. The van der Waals surface area contributed by atoms with Crippen molar-refractivity contribution in [1.29, 1.82) is 0 Å². The fourth-order valence-corrected chi connectivity index (χ4v) is 3.32. The molecule has 3 heteroatoms. The fraction of sp³-hybridized carbons (Fsp3) is 0.733. The van der Waals surface area contributed by atoms with E-state index in [-0.39, 0.29) is 35.4 Å². The Labute approximate surface area is 109 Å². The number of allylic oxidation sites excluding steroid dienone is 2. The molecule has 0 N–H and O–H groups in total. The molecule has 0 spiro atoms. The number of Topliss-reactive ketones (excluding diaryl/α,β-unsaturated/α-hetero) is 1. The van der Waals surface area contributed by atoms with E-state index < -0.39 is 0 Å². The van der Waals surface area contributed by atoms with E-state index >= 15 is 0 Å². The molecule has 4 atom stereocenters. The lowest BCUT2D eigenvalue weighted by Crippen LogP contribution is -2.33. The molecule has 0 aromatic carbocycles. The molecule has 0 aromatic heterocycles. The maximum Gasteiger partial charge on any atom is 0.310 e. The van der Waals surface area contributed by atoms with Crippen molar-refractivity contribution in [2.24, 2.45) is 23.7 Å². The van der Waals surface area contributed by atoms with E-state index in [0.717, 1.165) is 25.7 Å². The van der Waals surface area contributed by atoms with Gasteiger partial charge in [0.1, 0.15) is 5.78 Å². The Balaban J connectivity index is 1.92. The lowest BCUT2D eigenvalue weighted by atomic mass is 9.81. The van der Waals surface area contributed by atoms with Gasteiger partial charge in [0.05, 0.1) is 12.5 Å². The van der Waals surface area contributed by atoms with Crippen LogP contribution in [0.4, 0.5) is 0 Å². The van der Waals surface area contributed by atoms with Gasteiger partial charge in [-0.05, 0) is 31.6 Å². The summed E-state index contributed by atoms with van der Waals surface area (Å²) >= 11 is 0. The Morgan fingerprint density at radius 3 is 2.44 bits per heavy atom.